The van der Waals surface area contributed by atoms with Crippen molar-refractivity contribution < 1.29 is 4.79 Å². The van der Waals surface area contributed by atoms with Crippen LogP contribution < -0.4 is 5.32 Å². The van der Waals surface area contributed by atoms with Gasteiger partial charge in [-0.25, -0.2) is 0 Å². The van der Waals surface area contributed by atoms with E-state index in [0.717, 1.165) is 29.0 Å². The summed E-state index contributed by atoms with van der Waals surface area (Å²) >= 11 is 5.31. The topological polar surface area (TPSA) is 32.3 Å². The molecule has 120 valence electrons. The number of rotatable bonds is 4. The third-order valence-electron chi connectivity index (χ3n) is 4.64. The van der Waals surface area contributed by atoms with E-state index in [2.05, 4.69) is 37.6 Å². The number of nitrogens with zero attached hydrogens (tertiary/aromatic N) is 1. The minimum atomic E-state index is 0.0763. The monoisotopic (exact) mass is 390 g/mol. The zero-order valence-electron chi connectivity index (χ0n) is 12.8. The molecule has 1 aromatic heterocycles. The fraction of sp³-hybridized carbons (Fsp3) is 0.389. The van der Waals surface area contributed by atoms with Crippen molar-refractivity contribution in [3.63, 3.8) is 0 Å². The SMILES string of the molecule is O=C(CN1CCc2sccc2[C@@H]1C1CC1)Nc1cccc(Br)c1. The molecule has 1 aliphatic carbocycles. The van der Waals surface area contributed by atoms with Gasteiger partial charge in [0.25, 0.3) is 0 Å². The number of anilines is 1. The van der Waals surface area contributed by atoms with Gasteiger partial charge in [0.1, 0.15) is 0 Å². The Balaban J connectivity index is 1.46. The summed E-state index contributed by atoms with van der Waals surface area (Å²) in [5.74, 6) is 0.815. The molecule has 1 N–H and O–H groups in total. The second-order valence-electron chi connectivity index (χ2n) is 6.36. The van der Waals surface area contributed by atoms with Gasteiger partial charge in [-0.3, -0.25) is 9.69 Å². The molecule has 1 aliphatic heterocycles. The molecule has 23 heavy (non-hydrogen) atoms. The number of thiophene rings is 1. The van der Waals surface area contributed by atoms with Crippen LogP contribution in [0, 0.1) is 5.92 Å². The molecule has 1 atom stereocenters. The van der Waals surface area contributed by atoms with E-state index >= 15 is 0 Å². The van der Waals surface area contributed by atoms with Crippen LogP contribution in [-0.2, 0) is 11.2 Å². The average Bonchev–Trinajstić information content (AvgIpc) is 3.23. The minimum absolute atomic E-state index is 0.0763. The Morgan fingerprint density at radius 1 is 1.35 bits per heavy atom. The predicted molar refractivity (Wildman–Crippen MR) is 97.8 cm³/mol. The predicted octanol–water partition coefficient (Wildman–Crippen LogP) is 4.46. The van der Waals surface area contributed by atoms with Crippen LogP contribution >= 0.6 is 27.3 Å². The van der Waals surface area contributed by atoms with Gasteiger partial charge in [0.15, 0.2) is 0 Å². The minimum Gasteiger partial charge on any atom is -0.325 e. The van der Waals surface area contributed by atoms with Gasteiger partial charge >= 0.3 is 0 Å². The van der Waals surface area contributed by atoms with Crippen LogP contribution in [0.4, 0.5) is 5.69 Å². The number of nitrogens with one attached hydrogen (secondary N) is 1. The largest absolute Gasteiger partial charge is 0.325 e. The molecule has 1 aromatic carbocycles. The van der Waals surface area contributed by atoms with E-state index in [4.69, 9.17) is 0 Å². The van der Waals surface area contributed by atoms with Crippen molar-refractivity contribution in [2.75, 3.05) is 18.4 Å². The second kappa shape index (κ2) is 6.38. The van der Waals surface area contributed by atoms with Crippen molar-refractivity contribution in [3.05, 3.63) is 50.6 Å². The van der Waals surface area contributed by atoms with E-state index in [1.54, 1.807) is 0 Å². The molecular formula is C18H19BrN2OS. The molecule has 0 bridgehead atoms. The number of hydrogen-bond acceptors (Lipinski definition) is 3. The Morgan fingerprint density at radius 3 is 3.00 bits per heavy atom. The number of hydrogen-bond donors (Lipinski definition) is 1. The molecule has 0 radical (unpaired) electrons. The van der Waals surface area contributed by atoms with Crippen LogP contribution in [0.15, 0.2) is 40.2 Å². The van der Waals surface area contributed by atoms with Gasteiger partial charge < -0.3 is 5.32 Å². The van der Waals surface area contributed by atoms with E-state index in [1.165, 1.54) is 23.3 Å². The number of carbonyl (C=O) groups is 1. The molecule has 1 amide bonds. The first-order chi connectivity index (χ1) is 11.2. The molecule has 1 fully saturated rings. The maximum absolute atomic E-state index is 12.5. The fourth-order valence-corrected chi connectivity index (χ4v) is 4.80. The van der Waals surface area contributed by atoms with Gasteiger partial charge in [-0.15, -0.1) is 11.3 Å². The molecular weight excluding hydrogens is 372 g/mol. The van der Waals surface area contributed by atoms with Crippen LogP contribution in [0.1, 0.15) is 29.3 Å². The number of amides is 1. The first-order valence-corrected chi connectivity index (χ1v) is 9.74. The van der Waals surface area contributed by atoms with Gasteiger partial charge in [0.2, 0.25) is 5.91 Å². The summed E-state index contributed by atoms with van der Waals surface area (Å²) in [7, 11) is 0. The van der Waals surface area contributed by atoms with Crippen LogP contribution in [0.5, 0.6) is 0 Å². The Bertz CT molecular complexity index is 725. The summed E-state index contributed by atoms with van der Waals surface area (Å²) in [4.78, 5) is 16.4. The lowest BCUT2D eigenvalue weighted by atomic mass is 9.96. The van der Waals surface area contributed by atoms with E-state index in [-0.39, 0.29) is 5.91 Å². The molecule has 2 aromatic rings. The van der Waals surface area contributed by atoms with Gasteiger partial charge in [0.05, 0.1) is 6.54 Å². The summed E-state index contributed by atoms with van der Waals surface area (Å²) in [5, 5.41) is 5.22. The number of fused-ring (bicyclic) bond motifs is 1. The zero-order chi connectivity index (χ0) is 15.8. The maximum atomic E-state index is 12.5. The lowest BCUT2D eigenvalue weighted by Gasteiger charge is -2.35. The van der Waals surface area contributed by atoms with Gasteiger partial charge in [-0.05, 0) is 60.4 Å². The Kier molecular flexibility index (Phi) is 4.26. The number of carbonyl (C=O) groups excluding carboxylic acids is 1. The number of benzene rings is 1. The third kappa shape index (κ3) is 3.37. The van der Waals surface area contributed by atoms with Crippen LogP contribution in [-0.4, -0.2) is 23.9 Å². The van der Waals surface area contributed by atoms with E-state index < -0.39 is 0 Å². The molecule has 5 heteroatoms. The normalized spacial score (nSPS) is 21.0. The smallest absolute Gasteiger partial charge is 0.238 e. The molecule has 0 spiro atoms. The molecule has 3 nitrogen and oxygen atoms in total. The van der Waals surface area contributed by atoms with E-state index in [1.807, 2.05) is 35.6 Å². The quantitative estimate of drug-likeness (QED) is 0.835. The van der Waals surface area contributed by atoms with Crippen molar-refractivity contribution in [3.8, 4) is 0 Å². The lowest BCUT2D eigenvalue weighted by molar-refractivity contribution is -0.118. The van der Waals surface area contributed by atoms with Gasteiger partial charge in [0, 0.05) is 27.6 Å². The standard InChI is InChI=1S/C18H19BrN2OS/c19-13-2-1-3-14(10-13)20-17(22)11-21-8-6-16-15(7-9-23-16)18(21)12-4-5-12/h1-3,7,9-10,12,18H,4-6,8,11H2,(H,20,22)/t18-/m0/s1. The highest BCUT2D eigenvalue weighted by molar-refractivity contribution is 9.10. The fourth-order valence-electron chi connectivity index (χ4n) is 3.49. The number of halogens is 1. The Labute approximate surface area is 148 Å². The summed E-state index contributed by atoms with van der Waals surface area (Å²) < 4.78 is 0.979. The Hall–Kier alpha value is -1.17. The van der Waals surface area contributed by atoms with Crippen molar-refractivity contribution >= 4 is 38.9 Å². The zero-order valence-corrected chi connectivity index (χ0v) is 15.2. The summed E-state index contributed by atoms with van der Waals surface area (Å²) in [6.45, 7) is 1.46. The second-order valence-corrected chi connectivity index (χ2v) is 8.28. The van der Waals surface area contributed by atoms with Crippen LogP contribution in [0.25, 0.3) is 0 Å². The molecule has 2 heterocycles. The highest BCUT2D eigenvalue weighted by Crippen LogP contribution is 2.48. The average molecular weight is 391 g/mol. The molecule has 1 saturated carbocycles. The first-order valence-electron chi connectivity index (χ1n) is 8.06. The molecule has 0 unspecified atom stereocenters. The van der Waals surface area contributed by atoms with Gasteiger partial charge in [-0.2, -0.15) is 0 Å². The van der Waals surface area contributed by atoms with Crippen molar-refractivity contribution in [2.45, 2.75) is 25.3 Å². The summed E-state index contributed by atoms with van der Waals surface area (Å²) in [5.41, 5.74) is 2.32. The Morgan fingerprint density at radius 2 is 2.22 bits per heavy atom. The maximum Gasteiger partial charge on any atom is 0.238 e. The summed E-state index contributed by atoms with van der Waals surface area (Å²) in [6.07, 6.45) is 3.66. The van der Waals surface area contributed by atoms with Crippen LogP contribution in [0.2, 0.25) is 0 Å². The molecule has 2 aliphatic rings. The van der Waals surface area contributed by atoms with Crippen molar-refractivity contribution in [2.24, 2.45) is 5.92 Å². The van der Waals surface area contributed by atoms with Crippen molar-refractivity contribution in [1.29, 1.82) is 0 Å². The highest BCUT2D eigenvalue weighted by Gasteiger charge is 2.40. The molecule has 0 saturated heterocycles. The third-order valence-corrected chi connectivity index (χ3v) is 6.13. The van der Waals surface area contributed by atoms with E-state index in [0.29, 0.717) is 12.6 Å². The first kappa shape index (κ1) is 15.4. The highest BCUT2D eigenvalue weighted by atomic mass is 79.9. The lowest BCUT2D eigenvalue weighted by Crippen LogP contribution is -2.41. The van der Waals surface area contributed by atoms with Crippen LogP contribution in [0.3, 0.4) is 0 Å². The van der Waals surface area contributed by atoms with Gasteiger partial charge in [-0.1, -0.05) is 22.0 Å². The summed E-state index contributed by atoms with van der Waals surface area (Å²) in [6, 6.07) is 10.5. The van der Waals surface area contributed by atoms with E-state index in [9.17, 15) is 4.79 Å². The molecule has 4 rings (SSSR count). The van der Waals surface area contributed by atoms with Crippen molar-refractivity contribution in [1.82, 2.24) is 4.90 Å².